The van der Waals surface area contributed by atoms with Crippen LogP contribution in [-0.2, 0) is 14.3 Å². The van der Waals surface area contributed by atoms with Crippen LogP contribution >= 0.6 is 0 Å². The maximum absolute atomic E-state index is 12.1. The fourth-order valence-electron chi connectivity index (χ4n) is 2.31. The van der Waals surface area contributed by atoms with Gasteiger partial charge in [-0.3, -0.25) is 14.4 Å². The summed E-state index contributed by atoms with van der Waals surface area (Å²) in [6.45, 7) is 5.34. The maximum atomic E-state index is 12.1. The number of esters is 1. The molecule has 0 saturated heterocycles. The monoisotopic (exact) mass is 275 g/mol. The van der Waals surface area contributed by atoms with Crippen LogP contribution in [0.4, 0.5) is 5.69 Å². The number of benzene rings is 1. The molecule has 5 nitrogen and oxygen atoms in total. The van der Waals surface area contributed by atoms with Crippen molar-refractivity contribution in [2.45, 2.75) is 20.8 Å². The van der Waals surface area contributed by atoms with Gasteiger partial charge in [-0.25, -0.2) is 0 Å². The van der Waals surface area contributed by atoms with Gasteiger partial charge in [0.05, 0.1) is 23.8 Å². The Morgan fingerprint density at radius 2 is 1.95 bits per heavy atom. The molecule has 0 atom stereocenters. The van der Waals surface area contributed by atoms with Gasteiger partial charge in [-0.2, -0.15) is 0 Å². The summed E-state index contributed by atoms with van der Waals surface area (Å²) >= 11 is 0. The van der Waals surface area contributed by atoms with Gasteiger partial charge in [-0.05, 0) is 32.9 Å². The van der Waals surface area contributed by atoms with E-state index in [1.807, 2.05) is 13.0 Å². The molecular weight excluding hydrogens is 258 g/mol. The smallest absolute Gasteiger partial charge is 0.313 e. The summed E-state index contributed by atoms with van der Waals surface area (Å²) in [5.41, 5.74) is 0.995. The fraction of sp³-hybridized carbons (Fsp3) is 0.400. The Balaban J connectivity index is 2.38. The molecule has 1 aromatic rings. The second kappa shape index (κ2) is 4.74. The van der Waals surface area contributed by atoms with Crippen molar-refractivity contribution in [2.75, 3.05) is 18.6 Å². The number of carbonyl (C=O) groups is 3. The van der Waals surface area contributed by atoms with E-state index in [1.165, 1.54) is 12.0 Å². The van der Waals surface area contributed by atoms with Crippen molar-refractivity contribution < 1.29 is 19.1 Å². The Bertz CT molecular complexity index is 604. The molecule has 0 aromatic heterocycles. The van der Waals surface area contributed by atoms with Gasteiger partial charge < -0.3 is 9.64 Å². The lowest BCUT2D eigenvalue weighted by Gasteiger charge is -2.27. The lowest BCUT2D eigenvalue weighted by molar-refractivity contribution is -0.150. The van der Waals surface area contributed by atoms with Crippen LogP contribution in [0.25, 0.3) is 0 Å². The minimum atomic E-state index is -0.878. The number of hydrogen-bond acceptors (Lipinski definition) is 4. The number of Topliss-reactive ketones (excluding diaryl/α,β-unsaturated/α-hetero) is 1. The summed E-state index contributed by atoms with van der Waals surface area (Å²) in [5.74, 6) is -1.54. The van der Waals surface area contributed by atoms with Crippen LogP contribution < -0.4 is 4.90 Å². The minimum absolute atomic E-state index is 0.111. The summed E-state index contributed by atoms with van der Waals surface area (Å²) in [5, 5.41) is 0. The number of ketones is 1. The second-order valence-corrected chi connectivity index (χ2v) is 5.62. The largest absolute Gasteiger partial charge is 0.469 e. The van der Waals surface area contributed by atoms with Gasteiger partial charge >= 0.3 is 5.97 Å². The molecule has 2 rings (SSSR count). The SMILES string of the molecule is COC(=O)C(C)(C)CN1C(=O)C(=O)c2cc(C)ccc21. The molecule has 1 heterocycles. The highest BCUT2D eigenvalue weighted by Gasteiger charge is 2.41. The van der Waals surface area contributed by atoms with Crippen molar-refractivity contribution in [1.82, 2.24) is 0 Å². The highest BCUT2D eigenvalue weighted by Crippen LogP contribution is 2.32. The molecule has 0 bridgehead atoms. The highest BCUT2D eigenvalue weighted by atomic mass is 16.5. The van der Waals surface area contributed by atoms with Gasteiger partial charge in [-0.15, -0.1) is 0 Å². The van der Waals surface area contributed by atoms with Gasteiger partial charge in [0.2, 0.25) is 0 Å². The Labute approximate surface area is 117 Å². The molecule has 5 heteroatoms. The zero-order valence-corrected chi connectivity index (χ0v) is 12.0. The van der Waals surface area contributed by atoms with Crippen LogP contribution in [0.2, 0.25) is 0 Å². The molecule has 1 aliphatic heterocycles. The molecule has 0 unspecified atom stereocenters. The zero-order valence-electron chi connectivity index (χ0n) is 12.0. The predicted molar refractivity (Wildman–Crippen MR) is 73.7 cm³/mol. The number of aryl methyl sites for hydroxylation is 1. The van der Waals surface area contributed by atoms with E-state index in [2.05, 4.69) is 0 Å². The van der Waals surface area contributed by atoms with Crippen LogP contribution in [0.15, 0.2) is 18.2 Å². The summed E-state index contributed by atoms with van der Waals surface area (Å²) in [6, 6.07) is 5.27. The van der Waals surface area contributed by atoms with Crippen LogP contribution in [0.3, 0.4) is 0 Å². The molecule has 0 fully saturated rings. The minimum Gasteiger partial charge on any atom is -0.469 e. The first kappa shape index (κ1) is 14.2. The average Bonchev–Trinajstić information content (AvgIpc) is 2.62. The molecule has 0 aliphatic carbocycles. The van der Waals surface area contributed by atoms with Crippen LogP contribution in [0, 0.1) is 12.3 Å². The Morgan fingerprint density at radius 3 is 2.55 bits per heavy atom. The van der Waals surface area contributed by atoms with Gasteiger partial charge in [0.15, 0.2) is 0 Å². The summed E-state index contributed by atoms with van der Waals surface area (Å²) in [4.78, 5) is 37.1. The van der Waals surface area contributed by atoms with E-state index in [4.69, 9.17) is 4.74 Å². The summed E-state index contributed by atoms with van der Waals surface area (Å²) in [7, 11) is 1.30. The lowest BCUT2D eigenvalue weighted by atomic mass is 9.93. The normalized spacial score (nSPS) is 14.5. The number of anilines is 1. The summed E-state index contributed by atoms with van der Waals surface area (Å²) in [6.07, 6.45) is 0. The first-order valence-corrected chi connectivity index (χ1v) is 6.33. The lowest BCUT2D eigenvalue weighted by Crippen LogP contribution is -2.42. The van der Waals surface area contributed by atoms with E-state index in [0.29, 0.717) is 11.3 Å². The third kappa shape index (κ3) is 2.19. The standard InChI is InChI=1S/C15H17NO4/c1-9-5-6-11-10(7-9)12(17)13(18)16(11)8-15(2,3)14(19)20-4/h5-7H,8H2,1-4H3. The van der Waals surface area contributed by atoms with E-state index in [0.717, 1.165) is 5.56 Å². The highest BCUT2D eigenvalue weighted by molar-refractivity contribution is 6.52. The van der Waals surface area contributed by atoms with E-state index >= 15 is 0 Å². The van der Waals surface area contributed by atoms with Crippen molar-refractivity contribution in [3.05, 3.63) is 29.3 Å². The number of ether oxygens (including phenoxy) is 1. The Morgan fingerprint density at radius 1 is 1.30 bits per heavy atom. The van der Waals surface area contributed by atoms with Gasteiger partial charge in [0.1, 0.15) is 0 Å². The fourth-order valence-corrected chi connectivity index (χ4v) is 2.31. The number of carbonyl (C=O) groups excluding carboxylic acids is 3. The second-order valence-electron chi connectivity index (χ2n) is 5.62. The first-order chi connectivity index (χ1) is 9.27. The number of nitrogens with zero attached hydrogens (tertiary/aromatic N) is 1. The van der Waals surface area contributed by atoms with Crippen molar-refractivity contribution in [1.29, 1.82) is 0 Å². The van der Waals surface area contributed by atoms with Crippen molar-refractivity contribution in [3.63, 3.8) is 0 Å². The number of fused-ring (bicyclic) bond motifs is 1. The quantitative estimate of drug-likeness (QED) is 0.622. The maximum Gasteiger partial charge on any atom is 0.313 e. The zero-order chi connectivity index (χ0) is 15.1. The van der Waals surface area contributed by atoms with Crippen molar-refractivity contribution >= 4 is 23.3 Å². The van der Waals surface area contributed by atoms with Crippen molar-refractivity contribution in [2.24, 2.45) is 5.41 Å². The van der Waals surface area contributed by atoms with Crippen LogP contribution in [-0.4, -0.2) is 31.3 Å². The topological polar surface area (TPSA) is 63.7 Å². The molecule has 0 N–H and O–H groups in total. The molecule has 1 aliphatic rings. The van der Waals surface area contributed by atoms with E-state index in [-0.39, 0.29) is 6.54 Å². The molecule has 106 valence electrons. The molecular formula is C15H17NO4. The average molecular weight is 275 g/mol. The third-order valence-corrected chi connectivity index (χ3v) is 3.42. The number of hydrogen-bond donors (Lipinski definition) is 0. The number of methoxy groups -OCH3 is 1. The molecule has 0 spiro atoms. The Kier molecular flexibility index (Phi) is 3.38. The molecule has 0 radical (unpaired) electrons. The Hall–Kier alpha value is -2.17. The number of rotatable bonds is 3. The predicted octanol–water partition coefficient (Wildman–Crippen LogP) is 1.72. The van der Waals surface area contributed by atoms with E-state index in [1.54, 1.807) is 26.0 Å². The van der Waals surface area contributed by atoms with Crippen LogP contribution in [0.1, 0.15) is 29.8 Å². The first-order valence-electron chi connectivity index (χ1n) is 6.33. The van der Waals surface area contributed by atoms with Gasteiger partial charge in [-0.1, -0.05) is 11.6 Å². The summed E-state index contributed by atoms with van der Waals surface area (Å²) < 4.78 is 4.73. The molecule has 20 heavy (non-hydrogen) atoms. The third-order valence-electron chi connectivity index (χ3n) is 3.42. The van der Waals surface area contributed by atoms with Gasteiger partial charge in [0.25, 0.3) is 11.7 Å². The molecule has 0 saturated carbocycles. The van der Waals surface area contributed by atoms with Crippen molar-refractivity contribution in [3.8, 4) is 0 Å². The molecule has 1 amide bonds. The van der Waals surface area contributed by atoms with E-state index < -0.39 is 23.1 Å². The van der Waals surface area contributed by atoms with E-state index in [9.17, 15) is 14.4 Å². The van der Waals surface area contributed by atoms with Crippen LogP contribution in [0.5, 0.6) is 0 Å². The van der Waals surface area contributed by atoms with Gasteiger partial charge in [0, 0.05) is 6.54 Å². The number of amides is 1. The molecule has 1 aromatic carbocycles.